The smallest absolute Gasteiger partial charge is 0.257 e. The summed E-state index contributed by atoms with van der Waals surface area (Å²) in [6.45, 7) is 1.76. The second-order valence-electron chi connectivity index (χ2n) is 2.63. The molecule has 1 heterocycles. The lowest BCUT2D eigenvalue weighted by atomic mass is 10.7. The molecule has 0 aliphatic heterocycles. The molecule has 0 amide bonds. The van der Waals surface area contributed by atoms with Gasteiger partial charge in [-0.1, -0.05) is 11.6 Å². The molecule has 0 unspecified atom stereocenters. The molecule has 1 rings (SSSR count). The van der Waals surface area contributed by atoms with E-state index in [4.69, 9.17) is 37.4 Å². The Morgan fingerprint density at radius 2 is 1.81 bits per heavy atom. The largest absolute Gasteiger partial charge is 0.473 e. The highest BCUT2D eigenvalue weighted by Crippen LogP contribution is 2.18. The molecule has 1 aromatic heterocycles. The average Bonchev–Trinajstić information content (AvgIpc) is 2.28. The molecular weight excluding hydrogens is 257 g/mol. The van der Waals surface area contributed by atoms with Gasteiger partial charge in [-0.25, -0.2) is 0 Å². The topological polar surface area (TPSA) is 66.4 Å². The fourth-order valence-corrected chi connectivity index (χ4v) is 1.06. The zero-order valence-electron chi connectivity index (χ0n) is 8.65. The van der Waals surface area contributed by atoms with Crippen molar-refractivity contribution < 1.29 is 14.2 Å². The summed E-state index contributed by atoms with van der Waals surface area (Å²) >= 11 is 11.2. The van der Waals surface area contributed by atoms with Crippen LogP contribution in [0.4, 0.5) is 0 Å². The van der Waals surface area contributed by atoms with E-state index in [2.05, 4.69) is 15.2 Å². The van der Waals surface area contributed by atoms with Gasteiger partial charge < -0.3 is 14.2 Å². The highest BCUT2D eigenvalue weighted by atomic mass is 35.5. The Morgan fingerprint density at radius 1 is 1.06 bits per heavy atom. The first-order chi connectivity index (χ1) is 7.74. The third-order valence-corrected chi connectivity index (χ3v) is 1.89. The predicted molar refractivity (Wildman–Crippen MR) is 58.0 cm³/mol. The van der Waals surface area contributed by atoms with Crippen molar-refractivity contribution in [2.75, 3.05) is 33.5 Å². The summed E-state index contributed by atoms with van der Waals surface area (Å²) < 4.78 is 15.2. The van der Waals surface area contributed by atoms with Gasteiger partial charge >= 0.3 is 0 Å². The maximum atomic E-state index is 5.68. The molecule has 16 heavy (non-hydrogen) atoms. The second-order valence-corrected chi connectivity index (χ2v) is 3.33. The maximum Gasteiger partial charge on any atom is 0.257 e. The molecule has 0 spiro atoms. The van der Waals surface area contributed by atoms with Crippen LogP contribution in [0.5, 0.6) is 5.88 Å². The molecule has 0 aliphatic rings. The monoisotopic (exact) mass is 267 g/mol. The molecule has 8 heteroatoms. The van der Waals surface area contributed by atoms with Crippen LogP contribution in [0.2, 0.25) is 10.4 Å². The standard InChI is InChI=1S/C8H11Cl2N3O3/c1-14-2-3-15-4-5-16-7-6(9)12-13-8(10)11-7/h2-5H2,1H3. The zero-order valence-corrected chi connectivity index (χ0v) is 10.2. The van der Waals surface area contributed by atoms with E-state index in [-0.39, 0.29) is 16.3 Å². The number of halogens is 2. The fraction of sp³-hybridized carbons (Fsp3) is 0.625. The van der Waals surface area contributed by atoms with E-state index in [9.17, 15) is 0 Å². The van der Waals surface area contributed by atoms with Crippen molar-refractivity contribution in [3.63, 3.8) is 0 Å². The van der Waals surface area contributed by atoms with Crippen LogP contribution in [0.25, 0.3) is 0 Å². The van der Waals surface area contributed by atoms with Gasteiger partial charge in [-0.15, -0.1) is 10.2 Å². The summed E-state index contributed by atoms with van der Waals surface area (Å²) in [5, 5.41) is 7.05. The summed E-state index contributed by atoms with van der Waals surface area (Å²) in [7, 11) is 1.61. The van der Waals surface area contributed by atoms with Crippen LogP contribution in [-0.2, 0) is 9.47 Å². The summed E-state index contributed by atoms with van der Waals surface area (Å²) in [6.07, 6.45) is 0. The van der Waals surface area contributed by atoms with Crippen molar-refractivity contribution in [2.45, 2.75) is 0 Å². The Bertz CT molecular complexity index is 327. The molecule has 0 aliphatic carbocycles. The van der Waals surface area contributed by atoms with Crippen LogP contribution >= 0.6 is 23.2 Å². The Hall–Kier alpha value is -0.690. The summed E-state index contributed by atoms with van der Waals surface area (Å²) in [4.78, 5) is 3.76. The molecule has 1 aromatic rings. The second kappa shape index (κ2) is 7.56. The lowest BCUT2D eigenvalue weighted by Crippen LogP contribution is -2.11. The minimum Gasteiger partial charge on any atom is -0.473 e. The van der Waals surface area contributed by atoms with E-state index in [0.717, 1.165) is 0 Å². The van der Waals surface area contributed by atoms with Crippen molar-refractivity contribution in [1.82, 2.24) is 15.2 Å². The van der Waals surface area contributed by atoms with E-state index < -0.39 is 0 Å². The number of hydrogen-bond donors (Lipinski definition) is 0. The van der Waals surface area contributed by atoms with Crippen molar-refractivity contribution >= 4 is 23.2 Å². The van der Waals surface area contributed by atoms with Crippen LogP contribution in [-0.4, -0.2) is 48.7 Å². The van der Waals surface area contributed by atoms with E-state index in [1.165, 1.54) is 0 Å². The first kappa shape index (κ1) is 13.4. The van der Waals surface area contributed by atoms with Gasteiger partial charge in [-0.2, -0.15) is 4.98 Å². The molecule has 0 saturated carbocycles. The number of methoxy groups -OCH3 is 1. The third-order valence-electron chi connectivity index (χ3n) is 1.49. The molecule has 0 saturated heterocycles. The van der Waals surface area contributed by atoms with Gasteiger partial charge in [0.25, 0.3) is 5.88 Å². The molecule has 0 bridgehead atoms. The van der Waals surface area contributed by atoms with Gasteiger partial charge in [0.1, 0.15) is 6.61 Å². The zero-order chi connectivity index (χ0) is 11.8. The van der Waals surface area contributed by atoms with Crippen LogP contribution in [0.15, 0.2) is 0 Å². The van der Waals surface area contributed by atoms with Gasteiger partial charge in [0, 0.05) is 7.11 Å². The Morgan fingerprint density at radius 3 is 2.56 bits per heavy atom. The predicted octanol–water partition coefficient (Wildman–Crippen LogP) is 1.22. The fourth-order valence-electron chi connectivity index (χ4n) is 0.814. The molecule has 0 fully saturated rings. The van der Waals surface area contributed by atoms with E-state index in [0.29, 0.717) is 26.4 Å². The van der Waals surface area contributed by atoms with Crippen molar-refractivity contribution in [2.24, 2.45) is 0 Å². The molecule has 0 atom stereocenters. The van der Waals surface area contributed by atoms with Crippen LogP contribution in [0.1, 0.15) is 0 Å². The lowest BCUT2D eigenvalue weighted by molar-refractivity contribution is 0.0536. The Kier molecular flexibility index (Phi) is 6.32. The quantitative estimate of drug-likeness (QED) is 0.693. The van der Waals surface area contributed by atoms with Gasteiger partial charge in [0.05, 0.1) is 19.8 Å². The van der Waals surface area contributed by atoms with Crippen molar-refractivity contribution in [1.29, 1.82) is 0 Å². The molecule has 0 radical (unpaired) electrons. The van der Waals surface area contributed by atoms with Crippen LogP contribution < -0.4 is 4.74 Å². The highest BCUT2D eigenvalue weighted by Gasteiger charge is 2.06. The summed E-state index contributed by atoms with van der Waals surface area (Å²) in [5.41, 5.74) is 0. The number of rotatable bonds is 7. The SMILES string of the molecule is COCCOCCOc1nc(Cl)nnc1Cl. The van der Waals surface area contributed by atoms with Gasteiger partial charge in [0.2, 0.25) is 10.4 Å². The van der Waals surface area contributed by atoms with E-state index in [1.54, 1.807) is 7.11 Å². The average molecular weight is 268 g/mol. The van der Waals surface area contributed by atoms with Gasteiger partial charge in [-0.05, 0) is 11.6 Å². The molecule has 90 valence electrons. The summed E-state index contributed by atoms with van der Waals surface area (Å²) in [5.74, 6) is 0.150. The Labute approximate surface area is 103 Å². The van der Waals surface area contributed by atoms with E-state index in [1.807, 2.05) is 0 Å². The molecular formula is C8H11Cl2N3O3. The molecule has 6 nitrogen and oxygen atoms in total. The molecule has 0 N–H and O–H groups in total. The number of aromatic nitrogens is 3. The lowest BCUT2D eigenvalue weighted by Gasteiger charge is -2.06. The Balaban J connectivity index is 2.23. The normalized spacial score (nSPS) is 10.4. The third kappa shape index (κ3) is 4.89. The van der Waals surface area contributed by atoms with E-state index >= 15 is 0 Å². The highest BCUT2D eigenvalue weighted by molar-refractivity contribution is 6.31. The van der Waals surface area contributed by atoms with Gasteiger partial charge in [0.15, 0.2) is 0 Å². The summed E-state index contributed by atoms with van der Waals surface area (Å²) in [6, 6.07) is 0. The first-order valence-electron chi connectivity index (χ1n) is 4.49. The van der Waals surface area contributed by atoms with Gasteiger partial charge in [-0.3, -0.25) is 0 Å². The number of hydrogen-bond acceptors (Lipinski definition) is 6. The molecule has 0 aromatic carbocycles. The number of ether oxygens (including phenoxy) is 3. The van der Waals surface area contributed by atoms with Crippen molar-refractivity contribution in [3.05, 3.63) is 10.4 Å². The van der Waals surface area contributed by atoms with Crippen LogP contribution in [0.3, 0.4) is 0 Å². The number of nitrogens with zero attached hydrogens (tertiary/aromatic N) is 3. The van der Waals surface area contributed by atoms with Crippen molar-refractivity contribution in [3.8, 4) is 5.88 Å². The minimum absolute atomic E-state index is 0.0142. The maximum absolute atomic E-state index is 5.68. The minimum atomic E-state index is -0.0142. The first-order valence-corrected chi connectivity index (χ1v) is 5.25. The van der Waals surface area contributed by atoms with Crippen LogP contribution in [0, 0.1) is 0 Å².